The average molecular weight is 387 g/mol. The molecule has 2 aromatic carbocycles. The molecular weight excluding hydrogens is 372 g/mol. The molecule has 0 aromatic heterocycles. The van der Waals surface area contributed by atoms with Crippen LogP contribution in [0.3, 0.4) is 0 Å². The molecule has 1 aliphatic heterocycles. The van der Waals surface area contributed by atoms with Crippen molar-refractivity contribution in [2.24, 2.45) is 0 Å². The quantitative estimate of drug-likeness (QED) is 0.575. The molecule has 0 spiro atoms. The second-order valence-electron chi connectivity index (χ2n) is 5.12. The van der Waals surface area contributed by atoms with Crippen molar-refractivity contribution in [3.05, 3.63) is 69.7 Å². The molecule has 0 unspecified atom stereocenters. The Morgan fingerprint density at radius 1 is 1.08 bits per heavy atom. The van der Waals surface area contributed by atoms with Gasteiger partial charge in [-0.3, -0.25) is 0 Å². The topological polar surface area (TPSA) is 44.8 Å². The van der Waals surface area contributed by atoms with E-state index in [1.165, 1.54) is 0 Å². The van der Waals surface area contributed by atoms with E-state index in [1.54, 1.807) is 44.6 Å². The summed E-state index contributed by atoms with van der Waals surface area (Å²) in [7, 11) is 3.15. The summed E-state index contributed by atoms with van der Waals surface area (Å²) in [6, 6.07) is 13.0. The molecular formula is C19H15BrO4. The van der Waals surface area contributed by atoms with Crippen LogP contribution in [0.15, 0.2) is 58.6 Å². The molecule has 24 heavy (non-hydrogen) atoms. The van der Waals surface area contributed by atoms with Crippen molar-refractivity contribution >= 4 is 33.7 Å². The lowest BCUT2D eigenvalue weighted by Gasteiger charge is -2.10. The fourth-order valence-electron chi connectivity index (χ4n) is 2.40. The van der Waals surface area contributed by atoms with Crippen molar-refractivity contribution in [3.8, 4) is 11.5 Å². The number of carbonyl (C=O) groups excluding carboxylic acids is 1. The molecule has 122 valence electrons. The van der Waals surface area contributed by atoms with E-state index in [1.807, 2.05) is 24.3 Å². The zero-order valence-corrected chi connectivity index (χ0v) is 14.8. The first-order valence-corrected chi connectivity index (χ1v) is 8.03. The Hall–Kier alpha value is -2.53. The minimum Gasteiger partial charge on any atom is -0.497 e. The summed E-state index contributed by atoms with van der Waals surface area (Å²) in [6.45, 7) is 0. The Morgan fingerprint density at radius 2 is 1.92 bits per heavy atom. The van der Waals surface area contributed by atoms with Crippen molar-refractivity contribution in [1.29, 1.82) is 0 Å². The van der Waals surface area contributed by atoms with Crippen LogP contribution in [0.2, 0.25) is 0 Å². The maximum atomic E-state index is 12.2. The van der Waals surface area contributed by atoms with Crippen LogP contribution in [0, 0.1) is 0 Å². The molecule has 1 aliphatic rings. The van der Waals surface area contributed by atoms with E-state index in [2.05, 4.69) is 15.9 Å². The highest BCUT2D eigenvalue weighted by Crippen LogP contribution is 2.35. The van der Waals surface area contributed by atoms with Gasteiger partial charge in [-0.2, -0.15) is 0 Å². The zero-order chi connectivity index (χ0) is 17.1. The Kier molecular flexibility index (Phi) is 4.71. The highest BCUT2D eigenvalue weighted by molar-refractivity contribution is 9.10. The lowest BCUT2D eigenvalue weighted by Crippen LogP contribution is -1.98. The zero-order valence-electron chi connectivity index (χ0n) is 13.2. The second kappa shape index (κ2) is 6.93. The number of hydrogen-bond acceptors (Lipinski definition) is 4. The van der Waals surface area contributed by atoms with E-state index in [0.717, 1.165) is 10.0 Å². The van der Waals surface area contributed by atoms with Crippen LogP contribution >= 0.6 is 15.9 Å². The molecule has 0 aliphatic carbocycles. The van der Waals surface area contributed by atoms with Gasteiger partial charge in [0.05, 0.1) is 25.4 Å². The van der Waals surface area contributed by atoms with Crippen molar-refractivity contribution in [2.45, 2.75) is 0 Å². The van der Waals surface area contributed by atoms with Gasteiger partial charge in [-0.15, -0.1) is 0 Å². The van der Waals surface area contributed by atoms with Crippen LogP contribution in [0.1, 0.15) is 11.1 Å². The summed E-state index contributed by atoms with van der Waals surface area (Å²) in [5.74, 6) is 1.33. The molecule has 0 saturated heterocycles. The first-order valence-electron chi connectivity index (χ1n) is 7.24. The molecule has 0 bridgehead atoms. The highest BCUT2D eigenvalue weighted by Gasteiger charge is 2.24. The van der Waals surface area contributed by atoms with Gasteiger partial charge in [-0.25, -0.2) is 4.79 Å². The number of esters is 1. The number of benzene rings is 2. The van der Waals surface area contributed by atoms with Gasteiger partial charge < -0.3 is 14.2 Å². The molecule has 0 saturated carbocycles. The van der Waals surface area contributed by atoms with Gasteiger partial charge in [0.25, 0.3) is 0 Å². The average Bonchev–Trinajstić information content (AvgIpc) is 2.94. The molecule has 2 aromatic rings. The van der Waals surface area contributed by atoms with Gasteiger partial charge in [0.2, 0.25) is 0 Å². The minimum absolute atomic E-state index is 0.386. The molecule has 0 amide bonds. The van der Waals surface area contributed by atoms with E-state index >= 15 is 0 Å². The largest absolute Gasteiger partial charge is 0.497 e. The van der Waals surface area contributed by atoms with Gasteiger partial charge in [0.15, 0.2) is 0 Å². The van der Waals surface area contributed by atoms with Gasteiger partial charge in [-0.05, 0) is 42.0 Å². The van der Waals surface area contributed by atoms with Crippen LogP contribution in [0.25, 0.3) is 11.8 Å². The Bertz CT molecular complexity index is 852. The summed E-state index contributed by atoms with van der Waals surface area (Å²) in [5.41, 5.74) is 2.10. The standard InChI is InChI=1S/C19H15BrO4/c1-22-15-6-7-16(17(11-15)23-2)18-10-13(19(21)24-18)8-12-4-3-5-14(20)9-12/h3-11H,1-2H3. The Labute approximate surface area is 148 Å². The van der Waals surface area contributed by atoms with Gasteiger partial charge >= 0.3 is 5.97 Å². The van der Waals surface area contributed by atoms with Crippen molar-refractivity contribution < 1.29 is 19.0 Å². The van der Waals surface area contributed by atoms with E-state index in [4.69, 9.17) is 14.2 Å². The first-order chi connectivity index (χ1) is 11.6. The molecule has 0 fully saturated rings. The molecule has 5 heteroatoms. The van der Waals surface area contributed by atoms with Gasteiger partial charge in [0.1, 0.15) is 17.3 Å². The van der Waals surface area contributed by atoms with Crippen LogP contribution in [0.4, 0.5) is 0 Å². The highest BCUT2D eigenvalue weighted by atomic mass is 79.9. The van der Waals surface area contributed by atoms with Gasteiger partial charge in [-0.1, -0.05) is 28.1 Å². The molecule has 0 atom stereocenters. The van der Waals surface area contributed by atoms with Crippen LogP contribution in [-0.4, -0.2) is 20.2 Å². The number of halogens is 1. The summed E-state index contributed by atoms with van der Waals surface area (Å²) in [4.78, 5) is 12.2. The minimum atomic E-state index is -0.386. The monoisotopic (exact) mass is 386 g/mol. The predicted molar refractivity (Wildman–Crippen MR) is 95.7 cm³/mol. The Balaban J connectivity index is 1.97. The van der Waals surface area contributed by atoms with Crippen LogP contribution < -0.4 is 9.47 Å². The SMILES string of the molecule is COc1ccc(C2=CC(=Cc3cccc(Br)c3)C(=O)O2)c(OC)c1. The molecule has 3 rings (SSSR count). The number of hydrogen-bond donors (Lipinski definition) is 0. The van der Waals surface area contributed by atoms with Crippen LogP contribution in [0.5, 0.6) is 11.5 Å². The third-order valence-corrected chi connectivity index (χ3v) is 4.06. The number of methoxy groups -OCH3 is 2. The Morgan fingerprint density at radius 3 is 2.62 bits per heavy atom. The number of ether oxygens (including phenoxy) is 3. The van der Waals surface area contributed by atoms with E-state index in [9.17, 15) is 4.79 Å². The van der Waals surface area contributed by atoms with E-state index < -0.39 is 0 Å². The van der Waals surface area contributed by atoms with Gasteiger partial charge in [0, 0.05) is 10.5 Å². The summed E-state index contributed by atoms with van der Waals surface area (Å²) in [6.07, 6.45) is 3.50. The first kappa shape index (κ1) is 16.3. The number of rotatable bonds is 4. The van der Waals surface area contributed by atoms with Crippen molar-refractivity contribution in [3.63, 3.8) is 0 Å². The fraction of sp³-hybridized carbons (Fsp3) is 0.105. The molecule has 0 N–H and O–H groups in total. The molecule has 0 radical (unpaired) electrons. The third kappa shape index (κ3) is 3.36. The fourth-order valence-corrected chi connectivity index (χ4v) is 2.82. The summed E-state index contributed by atoms with van der Waals surface area (Å²) < 4.78 is 16.9. The predicted octanol–water partition coefficient (Wildman–Crippen LogP) is 4.45. The molecule has 1 heterocycles. The summed E-state index contributed by atoms with van der Waals surface area (Å²) >= 11 is 3.42. The van der Waals surface area contributed by atoms with Crippen molar-refractivity contribution in [2.75, 3.05) is 14.2 Å². The summed E-state index contributed by atoms with van der Waals surface area (Å²) in [5, 5.41) is 0. The second-order valence-corrected chi connectivity index (χ2v) is 6.03. The maximum absolute atomic E-state index is 12.2. The maximum Gasteiger partial charge on any atom is 0.343 e. The lowest BCUT2D eigenvalue weighted by atomic mass is 10.1. The lowest BCUT2D eigenvalue weighted by molar-refractivity contribution is -0.130. The number of cyclic esters (lactones) is 1. The van der Waals surface area contributed by atoms with Crippen LogP contribution in [-0.2, 0) is 9.53 Å². The molecule has 4 nitrogen and oxygen atoms in total. The van der Waals surface area contributed by atoms with Crippen molar-refractivity contribution in [1.82, 2.24) is 0 Å². The third-order valence-electron chi connectivity index (χ3n) is 3.57. The van der Waals surface area contributed by atoms with E-state index in [0.29, 0.717) is 28.4 Å². The normalized spacial score (nSPS) is 15.2. The number of carbonyl (C=O) groups is 1. The van der Waals surface area contributed by atoms with E-state index in [-0.39, 0.29) is 5.97 Å². The smallest absolute Gasteiger partial charge is 0.343 e.